The normalized spacial score (nSPS) is 11.7. The van der Waals surface area contributed by atoms with Crippen LogP contribution in [0.1, 0.15) is 17.3 Å². The van der Waals surface area contributed by atoms with E-state index in [0.717, 1.165) is 5.56 Å². The molecule has 0 saturated heterocycles. The summed E-state index contributed by atoms with van der Waals surface area (Å²) in [6, 6.07) is 7.27. The van der Waals surface area contributed by atoms with Crippen molar-refractivity contribution in [2.24, 2.45) is 0 Å². The van der Waals surface area contributed by atoms with Gasteiger partial charge in [0.25, 0.3) is 0 Å². The number of nitrogen functional groups attached to an aromatic ring is 1. The van der Waals surface area contributed by atoms with Crippen LogP contribution in [-0.4, -0.2) is 16.3 Å². The summed E-state index contributed by atoms with van der Waals surface area (Å²) < 4.78 is 41.1. The molecule has 2 N–H and O–H groups in total. The molecule has 0 aliphatic carbocycles. The van der Waals surface area contributed by atoms with E-state index in [1.807, 2.05) is 18.2 Å². The summed E-state index contributed by atoms with van der Waals surface area (Å²) in [4.78, 5) is 3.70. The Morgan fingerprint density at radius 3 is 2.58 bits per heavy atom. The Bertz CT molecular complexity index is 551. The second-order valence-electron chi connectivity index (χ2n) is 4.10. The standard InChI is InChI=1S/C12H12F3N3O/c13-12(14,15)7-10-17-11(19-18-10)6-5-8-3-1-2-4-9(8)16/h1-4H,5-7,16H2. The number of hydrogen-bond acceptors (Lipinski definition) is 4. The van der Waals surface area contributed by atoms with Crippen molar-refractivity contribution in [2.45, 2.75) is 25.4 Å². The highest BCUT2D eigenvalue weighted by atomic mass is 19.4. The Hall–Kier alpha value is -2.05. The molecule has 0 aliphatic rings. The summed E-state index contributed by atoms with van der Waals surface area (Å²) in [5.41, 5.74) is 7.30. The maximum atomic E-state index is 12.1. The molecule has 1 aromatic carbocycles. The van der Waals surface area contributed by atoms with Crippen molar-refractivity contribution < 1.29 is 17.7 Å². The van der Waals surface area contributed by atoms with Crippen LogP contribution in [0.2, 0.25) is 0 Å². The van der Waals surface area contributed by atoms with Gasteiger partial charge in [-0.2, -0.15) is 18.2 Å². The highest BCUT2D eigenvalue weighted by Gasteiger charge is 2.30. The monoisotopic (exact) mass is 271 g/mol. The maximum Gasteiger partial charge on any atom is 0.396 e. The summed E-state index contributed by atoms with van der Waals surface area (Å²) in [7, 11) is 0. The van der Waals surface area contributed by atoms with Gasteiger partial charge in [-0.3, -0.25) is 0 Å². The largest absolute Gasteiger partial charge is 0.399 e. The van der Waals surface area contributed by atoms with Gasteiger partial charge in [0.1, 0.15) is 6.42 Å². The zero-order chi connectivity index (χ0) is 13.9. The lowest BCUT2D eigenvalue weighted by atomic mass is 10.1. The Balaban J connectivity index is 1.96. The molecule has 102 valence electrons. The van der Waals surface area contributed by atoms with Crippen molar-refractivity contribution in [3.05, 3.63) is 41.5 Å². The van der Waals surface area contributed by atoms with Gasteiger partial charge in [-0.1, -0.05) is 23.4 Å². The molecule has 0 bridgehead atoms. The van der Waals surface area contributed by atoms with E-state index < -0.39 is 12.6 Å². The molecule has 0 radical (unpaired) electrons. The molecule has 0 fully saturated rings. The molecule has 0 spiro atoms. The summed E-state index contributed by atoms with van der Waals surface area (Å²) >= 11 is 0. The number of rotatable bonds is 4. The van der Waals surface area contributed by atoms with Crippen molar-refractivity contribution in [3.8, 4) is 0 Å². The lowest BCUT2D eigenvalue weighted by molar-refractivity contribution is -0.128. The second kappa shape index (κ2) is 5.29. The molecule has 7 heteroatoms. The SMILES string of the molecule is Nc1ccccc1CCc1nc(CC(F)(F)F)no1. The first-order valence-electron chi connectivity index (χ1n) is 5.65. The zero-order valence-electron chi connectivity index (χ0n) is 9.94. The van der Waals surface area contributed by atoms with E-state index in [1.165, 1.54) is 0 Å². The maximum absolute atomic E-state index is 12.1. The molecule has 2 aromatic rings. The molecule has 1 heterocycles. The molecule has 0 atom stereocenters. The number of para-hydroxylation sites is 1. The summed E-state index contributed by atoms with van der Waals surface area (Å²) in [6.07, 6.45) is -4.60. The highest BCUT2D eigenvalue weighted by molar-refractivity contribution is 5.46. The zero-order valence-corrected chi connectivity index (χ0v) is 9.94. The van der Waals surface area contributed by atoms with E-state index in [4.69, 9.17) is 10.3 Å². The molecule has 0 unspecified atom stereocenters. The van der Waals surface area contributed by atoms with Gasteiger partial charge in [0.05, 0.1) is 0 Å². The number of halogens is 3. The molecule has 4 nitrogen and oxygen atoms in total. The molecule has 1 aromatic heterocycles. The summed E-state index contributed by atoms with van der Waals surface area (Å²) in [5.74, 6) is -0.161. The molecule has 0 saturated carbocycles. The first-order chi connectivity index (χ1) is 8.94. The van der Waals surface area contributed by atoms with Crippen molar-refractivity contribution in [2.75, 3.05) is 5.73 Å². The average molecular weight is 271 g/mol. The van der Waals surface area contributed by atoms with E-state index in [1.54, 1.807) is 6.07 Å². The number of aromatic nitrogens is 2. The van der Waals surface area contributed by atoms with E-state index in [-0.39, 0.29) is 11.7 Å². The van der Waals surface area contributed by atoms with Gasteiger partial charge in [0.15, 0.2) is 5.82 Å². The van der Waals surface area contributed by atoms with Gasteiger partial charge in [0.2, 0.25) is 5.89 Å². The first kappa shape index (κ1) is 13.4. The minimum absolute atomic E-state index is 0.183. The number of anilines is 1. The summed E-state index contributed by atoms with van der Waals surface area (Å²) in [5, 5.41) is 3.30. The van der Waals surface area contributed by atoms with Crippen molar-refractivity contribution in [1.82, 2.24) is 10.1 Å². The molecular formula is C12H12F3N3O. The lowest BCUT2D eigenvalue weighted by Crippen LogP contribution is -2.12. The van der Waals surface area contributed by atoms with Crippen LogP contribution in [0.3, 0.4) is 0 Å². The van der Waals surface area contributed by atoms with Gasteiger partial charge in [-0.05, 0) is 18.1 Å². The predicted molar refractivity (Wildman–Crippen MR) is 62.3 cm³/mol. The van der Waals surface area contributed by atoms with Crippen LogP contribution < -0.4 is 5.73 Å². The topological polar surface area (TPSA) is 64.9 Å². The van der Waals surface area contributed by atoms with Crippen LogP contribution in [0.5, 0.6) is 0 Å². The Morgan fingerprint density at radius 2 is 1.89 bits per heavy atom. The van der Waals surface area contributed by atoms with E-state index in [2.05, 4.69) is 10.1 Å². The van der Waals surface area contributed by atoms with Crippen LogP contribution in [0.25, 0.3) is 0 Å². The molecular weight excluding hydrogens is 259 g/mol. The smallest absolute Gasteiger partial charge is 0.396 e. The van der Waals surface area contributed by atoms with E-state index in [9.17, 15) is 13.2 Å². The fourth-order valence-electron chi connectivity index (χ4n) is 1.65. The van der Waals surface area contributed by atoms with E-state index in [0.29, 0.717) is 18.5 Å². The number of nitrogens with two attached hydrogens (primary N) is 1. The molecule has 0 amide bonds. The quantitative estimate of drug-likeness (QED) is 0.868. The second-order valence-corrected chi connectivity index (χ2v) is 4.10. The number of hydrogen-bond donors (Lipinski definition) is 1. The van der Waals surface area contributed by atoms with Gasteiger partial charge < -0.3 is 10.3 Å². The Morgan fingerprint density at radius 1 is 1.16 bits per heavy atom. The van der Waals surface area contributed by atoms with Crippen LogP contribution in [-0.2, 0) is 19.3 Å². The minimum atomic E-state index is -4.33. The van der Waals surface area contributed by atoms with Crippen molar-refractivity contribution >= 4 is 5.69 Å². The Kier molecular flexibility index (Phi) is 3.73. The lowest BCUT2D eigenvalue weighted by Gasteiger charge is -2.02. The fourth-order valence-corrected chi connectivity index (χ4v) is 1.65. The third kappa shape index (κ3) is 3.97. The first-order valence-corrected chi connectivity index (χ1v) is 5.65. The van der Waals surface area contributed by atoms with Crippen LogP contribution in [0.4, 0.5) is 18.9 Å². The Labute approximate surface area is 107 Å². The predicted octanol–water partition coefficient (Wildman–Crippen LogP) is 2.54. The van der Waals surface area contributed by atoms with E-state index >= 15 is 0 Å². The van der Waals surface area contributed by atoms with Gasteiger partial charge in [-0.25, -0.2) is 0 Å². The molecule has 19 heavy (non-hydrogen) atoms. The number of alkyl halides is 3. The molecule has 2 rings (SSSR count). The number of aryl methyl sites for hydroxylation is 2. The third-order valence-electron chi connectivity index (χ3n) is 2.53. The number of nitrogens with zero attached hydrogens (tertiary/aromatic N) is 2. The van der Waals surface area contributed by atoms with Crippen molar-refractivity contribution in [1.29, 1.82) is 0 Å². The van der Waals surface area contributed by atoms with Gasteiger partial charge in [0, 0.05) is 12.1 Å². The van der Waals surface area contributed by atoms with Crippen LogP contribution in [0, 0.1) is 0 Å². The highest BCUT2D eigenvalue weighted by Crippen LogP contribution is 2.20. The average Bonchev–Trinajstić information content (AvgIpc) is 2.73. The minimum Gasteiger partial charge on any atom is -0.399 e. The van der Waals surface area contributed by atoms with Crippen LogP contribution >= 0.6 is 0 Å². The number of benzene rings is 1. The third-order valence-corrected chi connectivity index (χ3v) is 2.53. The fraction of sp³-hybridized carbons (Fsp3) is 0.333. The van der Waals surface area contributed by atoms with Gasteiger partial charge in [-0.15, -0.1) is 0 Å². The summed E-state index contributed by atoms with van der Waals surface area (Å²) in [6.45, 7) is 0. The van der Waals surface area contributed by atoms with Crippen molar-refractivity contribution in [3.63, 3.8) is 0 Å². The van der Waals surface area contributed by atoms with Gasteiger partial charge >= 0.3 is 6.18 Å². The molecule has 0 aliphatic heterocycles. The van der Waals surface area contributed by atoms with Crippen LogP contribution in [0.15, 0.2) is 28.8 Å².